The van der Waals surface area contributed by atoms with E-state index in [9.17, 15) is 15.0 Å². The minimum absolute atomic E-state index is 0.00365. The van der Waals surface area contributed by atoms with Gasteiger partial charge in [-0.3, -0.25) is 4.79 Å². The third kappa shape index (κ3) is 10.1. The fourth-order valence-electron chi connectivity index (χ4n) is 16.2. The van der Waals surface area contributed by atoms with Crippen LogP contribution in [0.2, 0.25) is 0 Å². The smallest absolute Gasteiger partial charge is 0.308 e. The molecule has 2 N–H and O–H groups in total. The number of esters is 1. The Balaban J connectivity index is 0.706. The molecule has 13 heterocycles. The fraction of sp³-hybridized carbons (Fsp3) is 0.912. The lowest BCUT2D eigenvalue weighted by Gasteiger charge is -2.53. The van der Waals surface area contributed by atoms with Gasteiger partial charge in [0.05, 0.1) is 135 Å². The molecule has 2 spiro atoms. The Labute approximate surface area is 436 Å². The highest BCUT2D eigenvalue weighted by Gasteiger charge is 2.61. The monoisotopic (exact) mass is 1040 g/mol. The van der Waals surface area contributed by atoms with Crippen molar-refractivity contribution in [3.05, 3.63) is 24.3 Å². The Morgan fingerprint density at radius 1 is 0.568 bits per heavy atom. The summed E-state index contributed by atoms with van der Waals surface area (Å²) in [5, 5.41) is 21.1. The third-order valence-corrected chi connectivity index (χ3v) is 20.1. The molecular weight excluding hydrogens is 957 g/mol. The van der Waals surface area contributed by atoms with Gasteiger partial charge < -0.3 is 76.5 Å². The van der Waals surface area contributed by atoms with Crippen LogP contribution in [-0.4, -0.2) is 182 Å². The lowest BCUT2D eigenvalue weighted by Crippen LogP contribution is -2.60. The average molecular weight is 1040 g/mol. The Kier molecular flexibility index (Phi) is 14.5. The first kappa shape index (κ1) is 51.8. The summed E-state index contributed by atoms with van der Waals surface area (Å²) in [7, 11) is 1.75. The maximum Gasteiger partial charge on any atom is 0.308 e. The number of carbonyl (C=O) groups is 1. The number of hydrogen-bond donors (Lipinski definition) is 2. The van der Waals surface area contributed by atoms with E-state index in [2.05, 4.69) is 27.0 Å². The second kappa shape index (κ2) is 20.8. The Morgan fingerprint density at radius 2 is 1.26 bits per heavy atom. The van der Waals surface area contributed by atoms with Gasteiger partial charge in [-0.25, -0.2) is 0 Å². The molecule has 414 valence electrons. The molecule has 0 aromatic rings. The molecule has 0 aliphatic carbocycles. The predicted octanol–water partition coefficient (Wildman–Crippen LogP) is 5.98. The van der Waals surface area contributed by atoms with Gasteiger partial charge in [0.1, 0.15) is 18.3 Å². The molecular formula is C57H84O17. The summed E-state index contributed by atoms with van der Waals surface area (Å²) in [4.78, 5) is 14.3. The number of hydrogen-bond acceptors (Lipinski definition) is 17. The highest BCUT2D eigenvalue weighted by atomic mass is 16.7. The van der Waals surface area contributed by atoms with Crippen LogP contribution < -0.4 is 0 Å². The molecule has 13 rings (SSSR count). The van der Waals surface area contributed by atoms with Crippen LogP contribution >= 0.6 is 0 Å². The van der Waals surface area contributed by atoms with E-state index >= 15 is 0 Å². The Hall–Kier alpha value is -1.65. The van der Waals surface area contributed by atoms with Gasteiger partial charge in [0.15, 0.2) is 11.6 Å². The summed E-state index contributed by atoms with van der Waals surface area (Å²) in [5.41, 5.74) is 2.16. The molecule has 74 heavy (non-hydrogen) atoms. The second-order valence-corrected chi connectivity index (χ2v) is 25.2. The van der Waals surface area contributed by atoms with Crippen molar-refractivity contribution in [2.45, 2.75) is 301 Å². The number of fused-ring (bicyclic) bond motifs is 12. The molecule has 0 aromatic carbocycles. The van der Waals surface area contributed by atoms with Crippen LogP contribution in [0.25, 0.3) is 0 Å². The van der Waals surface area contributed by atoms with Crippen LogP contribution in [0.1, 0.15) is 149 Å². The minimum Gasteiger partial charge on any atom is -0.459 e. The normalized spacial score (nSPS) is 54.5. The summed E-state index contributed by atoms with van der Waals surface area (Å²) in [5.74, 6) is -1.55. The van der Waals surface area contributed by atoms with Crippen LogP contribution in [0.5, 0.6) is 0 Å². The second-order valence-electron chi connectivity index (χ2n) is 25.2. The van der Waals surface area contributed by atoms with Gasteiger partial charge in [-0.15, -0.1) is 0 Å². The molecule has 17 heteroatoms. The van der Waals surface area contributed by atoms with Gasteiger partial charge in [-0.2, -0.15) is 0 Å². The van der Waals surface area contributed by atoms with Gasteiger partial charge in [0, 0.05) is 71.3 Å². The van der Waals surface area contributed by atoms with Gasteiger partial charge in [0.25, 0.3) is 0 Å². The summed E-state index contributed by atoms with van der Waals surface area (Å²) in [6.07, 6.45) is 7.99. The SMILES string of the molecule is C=C1CC2CC[C@]34C[C@@H](OC)[C@H](O3)[C@H]3C[C@@H](O4)[C@H]4O[C@H](CC[C@@H]4O3)CC(=O)O[C@@H]3CC4OC5CC(C[C@@H]6O[C@@]7(CC[C@@H]6O)C[C@H](C)[C@@H]6OC(CO)CC[C@@H]6O7)O[C@@H]5C[C@@H]4OC3CC3OC(CCC1O2)C[C@@H](C)C3=C. The van der Waals surface area contributed by atoms with Crippen LogP contribution in [0.4, 0.5) is 0 Å². The zero-order valence-electron chi connectivity index (χ0n) is 43.9. The van der Waals surface area contributed by atoms with E-state index in [4.69, 9.17) is 66.3 Å². The third-order valence-electron chi connectivity index (χ3n) is 20.1. The molecule has 0 saturated carbocycles. The van der Waals surface area contributed by atoms with Crippen LogP contribution in [0.3, 0.4) is 0 Å². The first-order chi connectivity index (χ1) is 35.8. The lowest BCUT2D eigenvalue weighted by molar-refractivity contribution is -0.365. The highest BCUT2D eigenvalue weighted by Crippen LogP contribution is 2.51. The Bertz CT molecular complexity index is 2060. The number of aliphatic hydroxyl groups excluding tert-OH is 2. The summed E-state index contributed by atoms with van der Waals surface area (Å²) in [6.45, 7) is 13.5. The molecule has 13 saturated heterocycles. The van der Waals surface area contributed by atoms with E-state index < -0.39 is 36.0 Å². The number of carbonyl (C=O) groups excluding carboxylic acids is 1. The highest BCUT2D eigenvalue weighted by molar-refractivity contribution is 5.70. The quantitative estimate of drug-likeness (QED) is 0.247. The van der Waals surface area contributed by atoms with Gasteiger partial charge in [-0.1, -0.05) is 27.0 Å². The van der Waals surface area contributed by atoms with Crippen LogP contribution in [0.15, 0.2) is 24.3 Å². The topological polar surface area (TPSA) is 187 Å². The molecule has 0 radical (unpaired) electrons. The molecule has 17 nitrogen and oxygen atoms in total. The zero-order chi connectivity index (χ0) is 50.6. The molecule has 0 aromatic heterocycles. The summed E-state index contributed by atoms with van der Waals surface area (Å²) < 4.78 is 94.5. The lowest BCUT2D eigenvalue weighted by atomic mass is 9.81. The minimum atomic E-state index is -0.858. The van der Waals surface area contributed by atoms with Gasteiger partial charge in [-0.05, 0) is 87.2 Å². The van der Waals surface area contributed by atoms with E-state index in [0.717, 1.165) is 62.5 Å². The predicted molar refractivity (Wildman–Crippen MR) is 262 cm³/mol. The van der Waals surface area contributed by atoms with E-state index in [1.54, 1.807) is 7.11 Å². The van der Waals surface area contributed by atoms with Crippen molar-refractivity contribution in [3.63, 3.8) is 0 Å². The molecule has 13 aliphatic heterocycles. The standard InChI is InChI=1S/C57H84O17/c1-28-16-32-6-9-38-29(2)17-34(62-38)12-14-57-26-51(61-5)55(74-57)49-24-50(73-57)54-39(67-49)10-7-33(65-54)20-52(60)70-48-23-47-46(69-45(48)21-41(63-32)31(28)4)22-44-43(68-47)19-36(64-44)18-42-37(59)13-15-56(72-42)25-30(3)53-40(71-56)11-8-35(27-58)66-53/h28,30,32-51,53-55,58-59H,2,4,6-27H2,1,3,5H3/t28-,30+,32?,33-,34?,35?,36?,37+,38?,39+,40+,41?,42+,43?,44-,45?,46+,47?,48-,49-,50-,51-,53+,54+,55-,56+,57-/m1/s1. The molecule has 10 bridgehead atoms. The van der Waals surface area contributed by atoms with Crippen molar-refractivity contribution in [1.29, 1.82) is 0 Å². The number of aliphatic hydroxyl groups is 2. The van der Waals surface area contributed by atoms with E-state index in [0.29, 0.717) is 77.0 Å². The van der Waals surface area contributed by atoms with Crippen LogP contribution in [0, 0.1) is 11.8 Å². The van der Waals surface area contributed by atoms with Crippen molar-refractivity contribution in [2.75, 3.05) is 13.7 Å². The van der Waals surface area contributed by atoms with Crippen molar-refractivity contribution in [1.82, 2.24) is 0 Å². The maximum atomic E-state index is 14.3. The summed E-state index contributed by atoms with van der Waals surface area (Å²) >= 11 is 0. The van der Waals surface area contributed by atoms with E-state index in [-0.39, 0.29) is 147 Å². The average Bonchev–Trinajstić information content (AvgIpc) is 4.05. The molecule has 13 fully saturated rings. The molecule has 13 aliphatic rings. The van der Waals surface area contributed by atoms with Crippen LogP contribution in [-0.2, 0) is 71.1 Å². The zero-order valence-corrected chi connectivity index (χ0v) is 43.9. The Morgan fingerprint density at radius 3 is 2.09 bits per heavy atom. The largest absolute Gasteiger partial charge is 0.459 e. The van der Waals surface area contributed by atoms with Crippen molar-refractivity contribution in [2.24, 2.45) is 11.8 Å². The van der Waals surface area contributed by atoms with Gasteiger partial charge >= 0.3 is 5.97 Å². The number of methoxy groups -OCH3 is 1. The van der Waals surface area contributed by atoms with Crippen molar-refractivity contribution >= 4 is 5.97 Å². The van der Waals surface area contributed by atoms with E-state index in [1.165, 1.54) is 0 Å². The van der Waals surface area contributed by atoms with Crippen molar-refractivity contribution in [3.8, 4) is 0 Å². The first-order valence-corrected chi connectivity index (χ1v) is 29.1. The molecule has 0 amide bonds. The molecule has 9 unspecified atom stereocenters. The van der Waals surface area contributed by atoms with Crippen molar-refractivity contribution < 1.29 is 81.3 Å². The number of rotatable bonds is 4. The number of ether oxygens (including phenoxy) is 14. The molecule has 27 atom stereocenters. The van der Waals surface area contributed by atoms with E-state index in [1.807, 2.05) is 0 Å². The fourth-order valence-corrected chi connectivity index (χ4v) is 16.2. The maximum absolute atomic E-state index is 14.3. The van der Waals surface area contributed by atoms with Gasteiger partial charge in [0.2, 0.25) is 0 Å². The first-order valence-electron chi connectivity index (χ1n) is 29.1. The summed E-state index contributed by atoms with van der Waals surface area (Å²) in [6, 6.07) is 0.